The van der Waals surface area contributed by atoms with E-state index in [2.05, 4.69) is 20.6 Å². The van der Waals surface area contributed by atoms with Crippen molar-refractivity contribution in [3.05, 3.63) is 54.8 Å². The second kappa shape index (κ2) is 6.81. The summed E-state index contributed by atoms with van der Waals surface area (Å²) >= 11 is 1.40. The Hall–Kier alpha value is -3.46. The van der Waals surface area contributed by atoms with Crippen LogP contribution in [0, 0.1) is 0 Å². The standard InChI is InChI=1S/C17H13N5O3S/c1-24-14-6-4-11(16-21-22-10-18-20-17(22)26-16)9-13(14)19-15(23)7-5-12-3-2-8-25-12/h2-10H,1H3,(H,19,23)/b7-5+. The minimum atomic E-state index is -0.296. The molecule has 130 valence electrons. The number of hydrogen-bond acceptors (Lipinski definition) is 7. The van der Waals surface area contributed by atoms with Crippen LogP contribution in [-0.4, -0.2) is 32.8 Å². The van der Waals surface area contributed by atoms with Gasteiger partial charge in [0.05, 0.1) is 19.1 Å². The maximum absolute atomic E-state index is 12.2. The van der Waals surface area contributed by atoms with Crippen LogP contribution < -0.4 is 10.1 Å². The Balaban J connectivity index is 1.59. The number of carbonyl (C=O) groups excluding carboxylic acids is 1. The van der Waals surface area contributed by atoms with Crippen LogP contribution in [0.4, 0.5) is 5.69 Å². The summed E-state index contributed by atoms with van der Waals surface area (Å²) in [5, 5.41) is 15.8. The molecule has 0 saturated heterocycles. The first-order valence-electron chi connectivity index (χ1n) is 7.61. The second-order valence-electron chi connectivity index (χ2n) is 5.22. The molecule has 1 N–H and O–H groups in total. The Kier molecular flexibility index (Phi) is 4.20. The van der Waals surface area contributed by atoms with E-state index in [0.717, 1.165) is 10.6 Å². The van der Waals surface area contributed by atoms with E-state index >= 15 is 0 Å². The van der Waals surface area contributed by atoms with Crippen molar-refractivity contribution >= 4 is 34.0 Å². The Morgan fingerprint density at radius 2 is 2.31 bits per heavy atom. The molecule has 0 spiro atoms. The number of fused-ring (bicyclic) bond motifs is 1. The van der Waals surface area contributed by atoms with Crippen LogP contribution in [0.2, 0.25) is 0 Å². The number of anilines is 1. The van der Waals surface area contributed by atoms with Gasteiger partial charge < -0.3 is 14.5 Å². The fraction of sp³-hybridized carbons (Fsp3) is 0.0588. The highest BCUT2D eigenvalue weighted by Gasteiger charge is 2.12. The average Bonchev–Trinajstić information content (AvgIpc) is 3.37. The highest BCUT2D eigenvalue weighted by molar-refractivity contribution is 7.19. The van der Waals surface area contributed by atoms with Crippen LogP contribution >= 0.6 is 11.3 Å². The summed E-state index contributed by atoms with van der Waals surface area (Å²) in [6.07, 6.45) is 6.08. The third kappa shape index (κ3) is 3.20. The number of amides is 1. The molecule has 0 bridgehead atoms. The Morgan fingerprint density at radius 1 is 1.38 bits per heavy atom. The van der Waals surface area contributed by atoms with Crippen LogP contribution in [0.5, 0.6) is 5.75 Å². The van der Waals surface area contributed by atoms with Gasteiger partial charge in [0.15, 0.2) is 0 Å². The fourth-order valence-corrected chi connectivity index (χ4v) is 3.15. The van der Waals surface area contributed by atoms with Crippen molar-refractivity contribution in [2.24, 2.45) is 0 Å². The minimum absolute atomic E-state index is 0.296. The number of aromatic nitrogens is 4. The molecule has 0 saturated carbocycles. The summed E-state index contributed by atoms with van der Waals surface area (Å²) in [5.41, 5.74) is 1.39. The lowest BCUT2D eigenvalue weighted by atomic mass is 10.2. The molecule has 0 aliphatic heterocycles. The number of carbonyl (C=O) groups is 1. The van der Waals surface area contributed by atoms with Crippen molar-refractivity contribution in [3.63, 3.8) is 0 Å². The number of benzene rings is 1. The molecular weight excluding hydrogens is 354 g/mol. The lowest BCUT2D eigenvalue weighted by Gasteiger charge is -2.10. The first-order chi connectivity index (χ1) is 12.7. The zero-order valence-corrected chi connectivity index (χ0v) is 14.4. The topological polar surface area (TPSA) is 94.5 Å². The molecule has 0 radical (unpaired) electrons. The van der Waals surface area contributed by atoms with Gasteiger partial charge in [-0.05, 0) is 36.4 Å². The molecule has 0 unspecified atom stereocenters. The van der Waals surface area contributed by atoms with Crippen LogP contribution in [0.25, 0.3) is 21.6 Å². The molecule has 1 aromatic carbocycles. The van der Waals surface area contributed by atoms with Gasteiger partial charge in [0.25, 0.3) is 0 Å². The lowest BCUT2D eigenvalue weighted by molar-refractivity contribution is -0.111. The zero-order chi connectivity index (χ0) is 17.9. The Morgan fingerprint density at radius 3 is 3.08 bits per heavy atom. The van der Waals surface area contributed by atoms with E-state index in [9.17, 15) is 4.79 Å². The summed E-state index contributed by atoms with van der Waals surface area (Å²) in [4.78, 5) is 12.9. The first-order valence-corrected chi connectivity index (χ1v) is 8.42. The summed E-state index contributed by atoms with van der Waals surface area (Å²) < 4.78 is 12.1. The van der Waals surface area contributed by atoms with Crippen molar-refractivity contribution in [1.82, 2.24) is 19.8 Å². The van der Waals surface area contributed by atoms with E-state index < -0.39 is 0 Å². The van der Waals surface area contributed by atoms with Crippen LogP contribution in [-0.2, 0) is 4.79 Å². The fourth-order valence-electron chi connectivity index (χ4n) is 2.33. The molecule has 8 nitrogen and oxygen atoms in total. The van der Waals surface area contributed by atoms with Gasteiger partial charge in [-0.25, -0.2) is 0 Å². The predicted molar refractivity (Wildman–Crippen MR) is 97.0 cm³/mol. The average molecular weight is 367 g/mol. The van der Waals surface area contributed by atoms with Crippen molar-refractivity contribution in [1.29, 1.82) is 0 Å². The van der Waals surface area contributed by atoms with Gasteiger partial charge in [-0.1, -0.05) is 11.3 Å². The first kappa shape index (κ1) is 16.0. The van der Waals surface area contributed by atoms with Crippen molar-refractivity contribution < 1.29 is 13.9 Å². The third-order valence-corrected chi connectivity index (χ3v) is 4.50. The molecule has 0 aliphatic rings. The van der Waals surface area contributed by atoms with Gasteiger partial charge in [0.1, 0.15) is 22.8 Å². The third-order valence-electron chi connectivity index (χ3n) is 3.53. The molecule has 1 amide bonds. The number of ether oxygens (including phenoxy) is 1. The molecule has 9 heteroatoms. The minimum Gasteiger partial charge on any atom is -0.495 e. The molecule has 4 aromatic rings. The molecule has 4 rings (SSSR count). The summed E-state index contributed by atoms with van der Waals surface area (Å²) in [7, 11) is 1.55. The van der Waals surface area contributed by atoms with E-state index in [1.54, 1.807) is 48.5 Å². The number of rotatable bonds is 5. The number of methoxy groups -OCH3 is 1. The maximum Gasteiger partial charge on any atom is 0.248 e. The molecular formula is C17H13N5O3S. The van der Waals surface area contributed by atoms with Crippen LogP contribution in [0.1, 0.15) is 5.76 Å². The number of furan rings is 1. The number of hydrogen-bond donors (Lipinski definition) is 1. The van der Waals surface area contributed by atoms with Gasteiger partial charge in [-0.3, -0.25) is 4.79 Å². The monoisotopic (exact) mass is 367 g/mol. The van der Waals surface area contributed by atoms with E-state index in [0.29, 0.717) is 22.2 Å². The predicted octanol–water partition coefficient (Wildman–Crippen LogP) is 3.11. The van der Waals surface area contributed by atoms with E-state index in [1.165, 1.54) is 17.4 Å². The Bertz CT molecular complexity index is 1050. The number of nitrogens with one attached hydrogen (secondary N) is 1. The van der Waals surface area contributed by atoms with Gasteiger partial charge in [-0.15, -0.1) is 10.2 Å². The summed E-state index contributed by atoms with van der Waals surface area (Å²) in [6, 6.07) is 8.98. The van der Waals surface area contributed by atoms with Gasteiger partial charge in [0.2, 0.25) is 10.9 Å². The number of nitrogens with zero attached hydrogens (tertiary/aromatic N) is 4. The SMILES string of the molecule is COc1ccc(-c2nn3cnnc3s2)cc1NC(=O)/C=C/c1ccco1. The van der Waals surface area contributed by atoms with Gasteiger partial charge >= 0.3 is 0 Å². The van der Waals surface area contributed by atoms with E-state index in [-0.39, 0.29) is 5.91 Å². The normalized spacial score (nSPS) is 11.3. The zero-order valence-electron chi connectivity index (χ0n) is 13.6. The van der Waals surface area contributed by atoms with E-state index in [4.69, 9.17) is 9.15 Å². The molecule has 0 atom stereocenters. The van der Waals surface area contributed by atoms with Gasteiger partial charge in [-0.2, -0.15) is 9.61 Å². The highest BCUT2D eigenvalue weighted by Crippen LogP contribution is 2.32. The quantitative estimate of drug-likeness (QED) is 0.545. The molecule has 0 fully saturated rings. The largest absolute Gasteiger partial charge is 0.495 e. The van der Waals surface area contributed by atoms with Gasteiger partial charge in [0, 0.05) is 11.6 Å². The van der Waals surface area contributed by atoms with Crippen LogP contribution in [0.15, 0.2) is 53.4 Å². The molecule has 3 aromatic heterocycles. The Labute approximate surface area is 151 Å². The highest BCUT2D eigenvalue weighted by atomic mass is 32.1. The van der Waals surface area contributed by atoms with Crippen molar-refractivity contribution in [3.8, 4) is 16.3 Å². The smallest absolute Gasteiger partial charge is 0.248 e. The lowest BCUT2D eigenvalue weighted by Crippen LogP contribution is -2.09. The van der Waals surface area contributed by atoms with Crippen LogP contribution in [0.3, 0.4) is 0 Å². The van der Waals surface area contributed by atoms with Crippen molar-refractivity contribution in [2.45, 2.75) is 0 Å². The summed E-state index contributed by atoms with van der Waals surface area (Å²) in [6.45, 7) is 0. The summed E-state index contributed by atoms with van der Waals surface area (Å²) in [5.74, 6) is 0.854. The maximum atomic E-state index is 12.2. The molecule has 3 heterocycles. The molecule has 26 heavy (non-hydrogen) atoms. The van der Waals surface area contributed by atoms with Crippen molar-refractivity contribution in [2.75, 3.05) is 12.4 Å². The second-order valence-corrected chi connectivity index (χ2v) is 6.17. The van der Waals surface area contributed by atoms with E-state index in [1.807, 2.05) is 12.1 Å². The molecule has 0 aliphatic carbocycles.